The summed E-state index contributed by atoms with van der Waals surface area (Å²) in [6.07, 6.45) is 1.65. The first-order chi connectivity index (χ1) is 12.9. The summed E-state index contributed by atoms with van der Waals surface area (Å²) in [6, 6.07) is 15.1. The van der Waals surface area contributed by atoms with Crippen LogP contribution in [0.15, 0.2) is 53.6 Å². The third kappa shape index (κ3) is 7.40. The third-order valence-electron chi connectivity index (χ3n) is 3.34. The van der Waals surface area contributed by atoms with E-state index < -0.39 is 0 Å². The van der Waals surface area contributed by atoms with Crippen molar-refractivity contribution in [3.05, 3.63) is 54.1 Å². The molecular weight excluding hydrogens is 342 g/mol. The van der Waals surface area contributed by atoms with Gasteiger partial charge in [0, 0.05) is 17.3 Å². The zero-order valence-corrected chi connectivity index (χ0v) is 16.2. The van der Waals surface area contributed by atoms with Crippen molar-refractivity contribution in [1.29, 1.82) is 0 Å². The van der Waals surface area contributed by atoms with Crippen LogP contribution in [0.1, 0.15) is 33.3 Å². The van der Waals surface area contributed by atoms with Gasteiger partial charge in [0.15, 0.2) is 0 Å². The van der Waals surface area contributed by atoms with Gasteiger partial charge in [0.05, 0.1) is 25.0 Å². The predicted molar refractivity (Wildman–Crippen MR) is 109 cm³/mol. The molecule has 0 aliphatic rings. The minimum absolute atomic E-state index is 0.0103. The Balaban J connectivity index is 1.96. The molecule has 0 bridgehead atoms. The molecule has 144 valence electrons. The van der Waals surface area contributed by atoms with E-state index in [2.05, 4.69) is 15.8 Å². The van der Waals surface area contributed by atoms with Crippen molar-refractivity contribution in [3.8, 4) is 11.5 Å². The average molecular weight is 369 g/mol. The Morgan fingerprint density at radius 3 is 2.41 bits per heavy atom. The van der Waals surface area contributed by atoms with E-state index in [1.54, 1.807) is 6.21 Å². The molecule has 6 heteroatoms. The molecule has 0 atom stereocenters. The van der Waals surface area contributed by atoms with E-state index in [9.17, 15) is 4.79 Å². The van der Waals surface area contributed by atoms with Crippen LogP contribution in [-0.4, -0.2) is 30.9 Å². The molecule has 0 saturated heterocycles. The summed E-state index contributed by atoms with van der Waals surface area (Å²) in [5.41, 5.74) is 4.15. The Kier molecular flexibility index (Phi) is 7.67. The van der Waals surface area contributed by atoms with Gasteiger partial charge in [0.2, 0.25) is 0 Å². The van der Waals surface area contributed by atoms with Crippen molar-refractivity contribution in [2.75, 3.05) is 11.9 Å². The summed E-state index contributed by atoms with van der Waals surface area (Å²) < 4.78 is 11.5. The first kappa shape index (κ1) is 20.3. The fraction of sp³-hybridized carbons (Fsp3) is 0.333. The number of benzene rings is 2. The van der Waals surface area contributed by atoms with Gasteiger partial charge in [-0.25, -0.2) is 5.43 Å². The number of nitrogens with zero attached hydrogens (tertiary/aromatic N) is 1. The number of hydrogen-bond acceptors (Lipinski definition) is 5. The summed E-state index contributed by atoms with van der Waals surface area (Å²) in [5.74, 6) is 1.15. The highest BCUT2D eigenvalue weighted by Gasteiger charge is 2.08. The van der Waals surface area contributed by atoms with Gasteiger partial charge in [-0.15, -0.1) is 0 Å². The molecule has 0 aliphatic heterocycles. The minimum atomic E-state index is -0.235. The monoisotopic (exact) mass is 369 g/mol. The van der Waals surface area contributed by atoms with E-state index in [0.29, 0.717) is 5.75 Å². The summed E-state index contributed by atoms with van der Waals surface area (Å²) >= 11 is 0. The maximum absolute atomic E-state index is 11.9. The minimum Gasteiger partial charge on any atom is -0.491 e. The first-order valence-corrected chi connectivity index (χ1v) is 9.02. The Hall–Kier alpha value is -3.02. The van der Waals surface area contributed by atoms with Gasteiger partial charge >= 0.3 is 0 Å². The standard InChI is InChI=1S/C21H27N3O3/c1-15(2)26-19-11-10-17(20(12-19)27-16(3)4)13-23-24-21(25)14-22-18-8-6-5-7-9-18/h5-13,15-16,22H,14H2,1-4H3,(H,24,25)/b23-13-. The zero-order valence-electron chi connectivity index (χ0n) is 16.2. The Morgan fingerprint density at radius 2 is 1.74 bits per heavy atom. The highest BCUT2D eigenvalue weighted by Crippen LogP contribution is 2.25. The predicted octanol–water partition coefficient (Wildman–Crippen LogP) is 3.82. The fourth-order valence-electron chi connectivity index (χ4n) is 2.27. The van der Waals surface area contributed by atoms with E-state index in [0.717, 1.165) is 17.0 Å². The zero-order chi connectivity index (χ0) is 19.6. The summed E-state index contributed by atoms with van der Waals surface area (Å²) in [5, 5.41) is 7.06. The number of carbonyl (C=O) groups is 1. The van der Waals surface area contributed by atoms with Gasteiger partial charge in [-0.05, 0) is 52.0 Å². The quantitative estimate of drug-likeness (QED) is 0.521. The van der Waals surface area contributed by atoms with Crippen LogP contribution in [0.25, 0.3) is 0 Å². The summed E-state index contributed by atoms with van der Waals surface area (Å²) in [7, 11) is 0. The van der Waals surface area contributed by atoms with E-state index in [1.807, 2.05) is 76.2 Å². The highest BCUT2D eigenvalue weighted by molar-refractivity contribution is 5.86. The summed E-state index contributed by atoms with van der Waals surface area (Å²) in [6.45, 7) is 7.98. The fourth-order valence-corrected chi connectivity index (χ4v) is 2.27. The Bertz CT molecular complexity index is 759. The molecule has 2 N–H and O–H groups in total. The van der Waals surface area contributed by atoms with Crippen molar-refractivity contribution in [2.24, 2.45) is 5.10 Å². The van der Waals surface area contributed by atoms with Crippen molar-refractivity contribution in [3.63, 3.8) is 0 Å². The number of carbonyl (C=O) groups excluding carboxylic acids is 1. The van der Waals surface area contributed by atoms with Gasteiger partial charge in [-0.2, -0.15) is 5.10 Å². The number of anilines is 1. The maximum atomic E-state index is 11.9. The van der Waals surface area contributed by atoms with Crippen molar-refractivity contribution in [1.82, 2.24) is 5.43 Å². The van der Waals surface area contributed by atoms with E-state index in [1.165, 1.54) is 0 Å². The van der Waals surface area contributed by atoms with Crippen LogP contribution in [0, 0.1) is 0 Å². The smallest absolute Gasteiger partial charge is 0.259 e. The SMILES string of the molecule is CC(C)Oc1ccc(/C=N\NC(=O)CNc2ccccc2)c(OC(C)C)c1. The van der Waals surface area contributed by atoms with Crippen LogP contribution >= 0.6 is 0 Å². The van der Waals surface area contributed by atoms with E-state index in [-0.39, 0.29) is 24.7 Å². The number of amides is 1. The van der Waals surface area contributed by atoms with Crippen LogP contribution in [0.3, 0.4) is 0 Å². The molecule has 2 aromatic rings. The van der Waals surface area contributed by atoms with E-state index >= 15 is 0 Å². The molecule has 1 amide bonds. The lowest BCUT2D eigenvalue weighted by molar-refractivity contribution is -0.119. The van der Waals surface area contributed by atoms with Crippen LogP contribution in [0.4, 0.5) is 5.69 Å². The lowest BCUT2D eigenvalue weighted by atomic mass is 10.2. The molecular formula is C21H27N3O3. The number of ether oxygens (including phenoxy) is 2. The first-order valence-electron chi connectivity index (χ1n) is 9.02. The van der Waals surface area contributed by atoms with Crippen LogP contribution in [0.2, 0.25) is 0 Å². The van der Waals surface area contributed by atoms with Gasteiger partial charge in [-0.1, -0.05) is 18.2 Å². The molecule has 0 aromatic heterocycles. The molecule has 0 unspecified atom stereocenters. The molecule has 2 aromatic carbocycles. The van der Waals surface area contributed by atoms with Gasteiger partial charge in [0.25, 0.3) is 5.91 Å². The van der Waals surface area contributed by atoms with Gasteiger partial charge < -0.3 is 14.8 Å². The lowest BCUT2D eigenvalue weighted by Crippen LogP contribution is -2.25. The average Bonchev–Trinajstić information content (AvgIpc) is 2.61. The molecule has 0 saturated carbocycles. The van der Waals surface area contributed by atoms with Crippen molar-refractivity contribution < 1.29 is 14.3 Å². The number of hydrazone groups is 1. The maximum Gasteiger partial charge on any atom is 0.259 e. The number of para-hydroxylation sites is 1. The largest absolute Gasteiger partial charge is 0.491 e. The second-order valence-electron chi connectivity index (χ2n) is 6.55. The molecule has 0 fully saturated rings. The Morgan fingerprint density at radius 1 is 1.04 bits per heavy atom. The normalized spacial score (nSPS) is 11.0. The van der Waals surface area contributed by atoms with Gasteiger partial charge in [-0.3, -0.25) is 4.79 Å². The second kappa shape index (κ2) is 10.2. The number of nitrogens with one attached hydrogen (secondary N) is 2. The van der Waals surface area contributed by atoms with Gasteiger partial charge in [0.1, 0.15) is 11.5 Å². The topological polar surface area (TPSA) is 72.0 Å². The molecule has 0 radical (unpaired) electrons. The molecule has 6 nitrogen and oxygen atoms in total. The van der Waals surface area contributed by atoms with Crippen molar-refractivity contribution >= 4 is 17.8 Å². The highest BCUT2D eigenvalue weighted by atomic mass is 16.5. The van der Waals surface area contributed by atoms with Crippen LogP contribution in [0.5, 0.6) is 11.5 Å². The number of rotatable bonds is 9. The molecule has 0 spiro atoms. The van der Waals surface area contributed by atoms with Crippen molar-refractivity contribution in [2.45, 2.75) is 39.9 Å². The number of hydrogen-bond donors (Lipinski definition) is 2. The van der Waals surface area contributed by atoms with Crippen LogP contribution in [-0.2, 0) is 4.79 Å². The Labute approximate surface area is 160 Å². The third-order valence-corrected chi connectivity index (χ3v) is 3.34. The van der Waals surface area contributed by atoms with Crippen LogP contribution < -0.4 is 20.2 Å². The molecule has 2 rings (SSSR count). The second-order valence-corrected chi connectivity index (χ2v) is 6.55. The molecule has 0 heterocycles. The summed E-state index contributed by atoms with van der Waals surface area (Å²) in [4.78, 5) is 11.9. The molecule has 0 aliphatic carbocycles. The molecule has 27 heavy (non-hydrogen) atoms. The van der Waals surface area contributed by atoms with E-state index in [4.69, 9.17) is 9.47 Å². The lowest BCUT2D eigenvalue weighted by Gasteiger charge is -2.15.